The van der Waals surface area contributed by atoms with Gasteiger partial charge < -0.3 is 0 Å². The minimum Gasteiger partial charge on any atom is -0.244 e. The van der Waals surface area contributed by atoms with Gasteiger partial charge in [0.25, 0.3) is 0 Å². The number of fused-ring (bicyclic) bond motifs is 8. The lowest BCUT2D eigenvalue weighted by Crippen LogP contribution is -2.28. The molecule has 2 nitrogen and oxygen atoms in total. The molecule has 49 heavy (non-hydrogen) atoms. The summed E-state index contributed by atoms with van der Waals surface area (Å²) < 4.78 is 0. The Labute approximate surface area is 285 Å². The molecular formula is C47H30N2. The average Bonchev–Trinajstić information content (AvgIpc) is 3.50. The van der Waals surface area contributed by atoms with Crippen LogP contribution in [0.3, 0.4) is 0 Å². The first kappa shape index (κ1) is 27.7. The minimum atomic E-state index is -0.447. The monoisotopic (exact) mass is 622 g/mol. The van der Waals surface area contributed by atoms with E-state index in [1.165, 1.54) is 44.2 Å². The summed E-state index contributed by atoms with van der Waals surface area (Å²) in [5.41, 5.74) is 12.9. The summed E-state index contributed by atoms with van der Waals surface area (Å²) in [4.78, 5) is 10.8. The summed E-state index contributed by atoms with van der Waals surface area (Å²) in [6.45, 7) is 0. The largest absolute Gasteiger partial charge is 0.244 e. The van der Waals surface area contributed by atoms with Crippen LogP contribution in [0.1, 0.15) is 22.3 Å². The van der Waals surface area contributed by atoms with Gasteiger partial charge in [-0.1, -0.05) is 170 Å². The van der Waals surface area contributed by atoms with Crippen molar-refractivity contribution >= 4 is 32.6 Å². The van der Waals surface area contributed by atoms with Crippen LogP contribution < -0.4 is 0 Å². The van der Waals surface area contributed by atoms with E-state index in [1.54, 1.807) is 0 Å². The van der Waals surface area contributed by atoms with Crippen LogP contribution in [0.15, 0.2) is 182 Å². The third-order valence-electron chi connectivity index (χ3n) is 10.3. The minimum absolute atomic E-state index is 0.447. The van der Waals surface area contributed by atoms with Crippen LogP contribution in [0.25, 0.3) is 66.2 Å². The van der Waals surface area contributed by atoms with Gasteiger partial charge in [0, 0.05) is 16.5 Å². The Hall–Kier alpha value is -6.38. The molecule has 0 saturated heterocycles. The molecule has 0 bridgehead atoms. The zero-order valence-corrected chi connectivity index (χ0v) is 26.7. The molecule has 0 fully saturated rings. The predicted molar refractivity (Wildman–Crippen MR) is 203 cm³/mol. The lowest BCUT2D eigenvalue weighted by atomic mass is 9.67. The molecule has 0 atom stereocenters. The standard InChI is InChI=1S/C47H30N2/c1-4-15-33(16-5-1)44-45(48-42-29-27-31-14-10-11-21-37(31)46(42)49-44)34-25-24-32-26-28-41-43(39(32)30-34)38-22-12-13-23-40(38)47(41,35-17-6-2-7-18-35)36-19-8-3-9-20-36/h1-30H. The summed E-state index contributed by atoms with van der Waals surface area (Å²) in [5, 5.41) is 4.70. The molecule has 0 saturated carbocycles. The van der Waals surface area contributed by atoms with E-state index in [2.05, 4.69) is 182 Å². The van der Waals surface area contributed by atoms with Gasteiger partial charge in [0.15, 0.2) is 0 Å². The summed E-state index contributed by atoms with van der Waals surface area (Å²) in [5.74, 6) is 0. The van der Waals surface area contributed by atoms with E-state index in [9.17, 15) is 0 Å². The molecule has 1 aromatic heterocycles. The fourth-order valence-corrected chi connectivity index (χ4v) is 8.20. The van der Waals surface area contributed by atoms with E-state index in [0.29, 0.717) is 0 Å². The zero-order chi connectivity index (χ0) is 32.4. The second-order valence-corrected chi connectivity index (χ2v) is 12.9. The van der Waals surface area contributed by atoms with E-state index >= 15 is 0 Å². The normalized spacial score (nSPS) is 13.1. The van der Waals surface area contributed by atoms with Crippen molar-refractivity contribution in [2.75, 3.05) is 0 Å². The maximum Gasteiger partial charge on any atom is 0.0973 e. The number of rotatable bonds is 4. The summed E-state index contributed by atoms with van der Waals surface area (Å²) >= 11 is 0. The number of nitrogens with zero attached hydrogens (tertiary/aromatic N) is 2. The SMILES string of the molecule is c1ccc(-c2nc3c(ccc4ccccc43)nc2-c2ccc3ccc4c(c3c2)-c2ccccc2C4(c2ccccc2)c2ccccc2)cc1. The molecule has 228 valence electrons. The molecule has 0 aliphatic heterocycles. The fraction of sp³-hybridized carbons (Fsp3) is 0.0213. The van der Waals surface area contributed by atoms with Crippen molar-refractivity contribution in [3.63, 3.8) is 0 Å². The molecule has 0 amide bonds. The first-order chi connectivity index (χ1) is 24.3. The van der Waals surface area contributed by atoms with Crippen molar-refractivity contribution in [1.82, 2.24) is 9.97 Å². The number of hydrogen-bond donors (Lipinski definition) is 0. The van der Waals surface area contributed by atoms with Gasteiger partial charge in [0.2, 0.25) is 0 Å². The Bertz CT molecular complexity index is 2660. The van der Waals surface area contributed by atoms with Crippen LogP contribution in [0.5, 0.6) is 0 Å². The molecule has 0 N–H and O–H groups in total. The molecular weight excluding hydrogens is 593 g/mol. The van der Waals surface area contributed by atoms with Crippen LogP contribution in [0.4, 0.5) is 0 Å². The van der Waals surface area contributed by atoms with E-state index < -0.39 is 5.41 Å². The van der Waals surface area contributed by atoms with Crippen molar-refractivity contribution in [3.05, 3.63) is 204 Å². The highest BCUT2D eigenvalue weighted by molar-refractivity contribution is 6.08. The van der Waals surface area contributed by atoms with Gasteiger partial charge in [-0.15, -0.1) is 0 Å². The molecule has 0 spiro atoms. The second kappa shape index (κ2) is 10.8. The first-order valence-electron chi connectivity index (χ1n) is 16.8. The van der Waals surface area contributed by atoms with Gasteiger partial charge in [0.1, 0.15) is 0 Å². The van der Waals surface area contributed by atoms with Crippen LogP contribution in [0.2, 0.25) is 0 Å². The zero-order valence-electron chi connectivity index (χ0n) is 26.7. The van der Waals surface area contributed by atoms with Crippen molar-refractivity contribution < 1.29 is 0 Å². The Morgan fingerprint density at radius 3 is 1.76 bits per heavy atom. The fourth-order valence-electron chi connectivity index (χ4n) is 8.20. The first-order valence-corrected chi connectivity index (χ1v) is 16.8. The van der Waals surface area contributed by atoms with E-state index in [1.807, 2.05) is 0 Å². The van der Waals surface area contributed by atoms with Gasteiger partial charge in [0.05, 0.1) is 27.8 Å². The molecule has 9 aromatic rings. The number of aromatic nitrogens is 2. The summed E-state index contributed by atoms with van der Waals surface area (Å²) in [6, 6.07) is 65.5. The van der Waals surface area contributed by atoms with Crippen molar-refractivity contribution in [2.24, 2.45) is 0 Å². The highest BCUT2D eigenvalue weighted by Crippen LogP contribution is 2.57. The highest BCUT2D eigenvalue weighted by atomic mass is 14.8. The predicted octanol–water partition coefficient (Wildman–Crippen LogP) is 11.6. The smallest absolute Gasteiger partial charge is 0.0973 e. The summed E-state index contributed by atoms with van der Waals surface area (Å²) in [7, 11) is 0. The van der Waals surface area contributed by atoms with Gasteiger partial charge in [-0.05, 0) is 61.7 Å². The summed E-state index contributed by atoms with van der Waals surface area (Å²) in [6.07, 6.45) is 0. The van der Waals surface area contributed by atoms with Crippen molar-refractivity contribution in [1.29, 1.82) is 0 Å². The van der Waals surface area contributed by atoms with Gasteiger partial charge in [-0.3, -0.25) is 0 Å². The molecule has 2 heteroatoms. The van der Waals surface area contributed by atoms with Gasteiger partial charge in [-0.25, -0.2) is 9.97 Å². The topological polar surface area (TPSA) is 25.8 Å². The van der Waals surface area contributed by atoms with Crippen LogP contribution in [-0.2, 0) is 5.41 Å². The van der Waals surface area contributed by atoms with Crippen LogP contribution in [-0.4, -0.2) is 9.97 Å². The third-order valence-corrected chi connectivity index (χ3v) is 10.3. The average molecular weight is 623 g/mol. The lowest BCUT2D eigenvalue weighted by molar-refractivity contribution is 0.769. The molecule has 10 rings (SSSR count). The maximum absolute atomic E-state index is 5.38. The number of hydrogen-bond acceptors (Lipinski definition) is 2. The molecule has 0 radical (unpaired) electrons. The lowest BCUT2D eigenvalue weighted by Gasteiger charge is -2.33. The molecule has 8 aromatic carbocycles. The molecule has 1 aliphatic carbocycles. The van der Waals surface area contributed by atoms with E-state index in [-0.39, 0.29) is 0 Å². The molecule has 1 aliphatic rings. The Kier molecular flexibility index (Phi) is 6.13. The van der Waals surface area contributed by atoms with E-state index in [0.717, 1.165) is 44.3 Å². The maximum atomic E-state index is 5.38. The highest BCUT2D eigenvalue weighted by Gasteiger charge is 2.46. The third kappa shape index (κ3) is 4.07. The Morgan fingerprint density at radius 1 is 0.388 bits per heavy atom. The molecule has 0 unspecified atom stereocenters. The van der Waals surface area contributed by atoms with Crippen LogP contribution >= 0.6 is 0 Å². The van der Waals surface area contributed by atoms with Gasteiger partial charge >= 0.3 is 0 Å². The Morgan fingerprint density at radius 2 is 0.980 bits per heavy atom. The van der Waals surface area contributed by atoms with Gasteiger partial charge in [-0.2, -0.15) is 0 Å². The number of benzene rings is 8. The van der Waals surface area contributed by atoms with Crippen LogP contribution in [0, 0.1) is 0 Å². The molecule has 1 heterocycles. The van der Waals surface area contributed by atoms with E-state index in [4.69, 9.17) is 9.97 Å². The van der Waals surface area contributed by atoms with Crippen molar-refractivity contribution in [3.8, 4) is 33.6 Å². The second-order valence-electron chi connectivity index (χ2n) is 12.9. The Balaban J connectivity index is 1.28. The van der Waals surface area contributed by atoms with Crippen molar-refractivity contribution in [2.45, 2.75) is 5.41 Å². The quantitative estimate of drug-likeness (QED) is 0.183.